The first-order valence-electron chi connectivity index (χ1n) is 8.20. The Morgan fingerprint density at radius 2 is 1.81 bits per heavy atom. The topological polar surface area (TPSA) is 45.7 Å². The van der Waals surface area contributed by atoms with Crippen molar-refractivity contribution in [2.24, 2.45) is 4.99 Å². The second kappa shape index (κ2) is 18.0. The molecule has 0 aliphatic carbocycles. The first-order chi connectivity index (χ1) is 9.74. The number of unbranched alkanes of at least 4 members (excludes halogenated alkanes) is 5. The Morgan fingerprint density at radius 3 is 2.43 bits per heavy atom. The minimum atomic E-state index is 0. The van der Waals surface area contributed by atoms with Crippen LogP contribution in [0.3, 0.4) is 0 Å². The van der Waals surface area contributed by atoms with E-state index in [1.807, 2.05) is 7.05 Å². The molecule has 5 heteroatoms. The zero-order chi connectivity index (χ0) is 15.1. The van der Waals surface area contributed by atoms with Gasteiger partial charge in [-0.1, -0.05) is 32.6 Å². The first kappa shape index (κ1) is 23.2. The van der Waals surface area contributed by atoms with E-state index in [4.69, 9.17) is 4.74 Å². The Morgan fingerprint density at radius 1 is 1.10 bits per heavy atom. The number of nitrogens with one attached hydrogen (secondary N) is 2. The molecular formula is C16H36IN3O. The van der Waals surface area contributed by atoms with Crippen LogP contribution in [0.4, 0.5) is 0 Å². The number of guanidine groups is 1. The molecule has 0 aromatic carbocycles. The molecule has 0 radical (unpaired) electrons. The van der Waals surface area contributed by atoms with Crippen LogP contribution in [0.5, 0.6) is 0 Å². The van der Waals surface area contributed by atoms with E-state index in [2.05, 4.69) is 29.5 Å². The van der Waals surface area contributed by atoms with Crippen LogP contribution in [0.1, 0.15) is 65.2 Å². The quantitative estimate of drug-likeness (QED) is 0.221. The second-order valence-corrected chi connectivity index (χ2v) is 5.45. The van der Waals surface area contributed by atoms with Gasteiger partial charge in [-0.25, -0.2) is 0 Å². The van der Waals surface area contributed by atoms with Gasteiger partial charge in [-0.2, -0.15) is 0 Å². The molecule has 0 fully saturated rings. The lowest BCUT2D eigenvalue weighted by molar-refractivity contribution is 0.192. The van der Waals surface area contributed by atoms with Crippen LogP contribution in [0.15, 0.2) is 4.99 Å². The monoisotopic (exact) mass is 413 g/mol. The van der Waals surface area contributed by atoms with E-state index in [1.54, 1.807) is 7.11 Å². The maximum atomic E-state index is 5.04. The van der Waals surface area contributed by atoms with Crippen molar-refractivity contribution in [1.29, 1.82) is 0 Å². The number of aliphatic imine (C=N–C) groups is 1. The number of hydrogen-bond donors (Lipinski definition) is 2. The van der Waals surface area contributed by atoms with Crippen molar-refractivity contribution in [3.63, 3.8) is 0 Å². The smallest absolute Gasteiger partial charge is 0.191 e. The van der Waals surface area contributed by atoms with Gasteiger partial charge in [0.05, 0.1) is 0 Å². The van der Waals surface area contributed by atoms with E-state index >= 15 is 0 Å². The Hall–Kier alpha value is -0.0400. The molecule has 2 N–H and O–H groups in total. The highest BCUT2D eigenvalue weighted by molar-refractivity contribution is 14.0. The molecule has 0 rings (SSSR count). The summed E-state index contributed by atoms with van der Waals surface area (Å²) in [5.41, 5.74) is 0. The SMILES string of the molecule is CCCCCCC(C)NC(=NC)NCCCCCOC.I. The third kappa shape index (κ3) is 16.2. The van der Waals surface area contributed by atoms with E-state index in [9.17, 15) is 0 Å². The molecule has 128 valence electrons. The Labute approximate surface area is 148 Å². The summed E-state index contributed by atoms with van der Waals surface area (Å²) in [6.07, 6.45) is 10.0. The molecule has 0 amide bonds. The number of hydrogen-bond acceptors (Lipinski definition) is 2. The molecule has 1 unspecified atom stereocenters. The van der Waals surface area contributed by atoms with Crippen LogP contribution in [0.2, 0.25) is 0 Å². The van der Waals surface area contributed by atoms with Crippen LogP contribution in [-0.2, 0) is 4.74 Å². The molecule has 0 aliphatic rings. The summed E-state index contributed by atoms with van der Waals surface area (Å²) in [5, 5.41) is 6.84. The third-order valence-electron chi connectivity index (χ3n) is 3.42. The van der Waals surface area contributed by atoms with Crippen molar-refractivity contribution in [2.45, 2.75) is 71.3 Å². The summed E-state index contributed by atoms with van der Waals surface area (Å²) < 4.78 is 5.04. The van der Waals surface area contributed by atoms with Gasteiger partial charge in [-0.05, 0) is 32.6 Å². The van der Waals surface area contributed by atoms with Gasteiger partial charge in [0.1, 0.15) is 0 Å². The van der Waals surface area contributed by atoms with E-state index in [1.165, 1.54) is 38.5 Å². The van der Waals surface area contributed by atoms with Crippen LogP contribution in [-0.4, -0.2) is 39.3 Å². The molecule has 0 bridgehead atoms. The Balaban J connectivity index is 0. The fourth-order valence-corrected chi connectivity index (χ4v) is 2.13. The van der Waals surface area contributed by atoms with Gasteiger partial charge in [0.25, 0.3) is 0 Å². The zero-order valence-electron chi connectivity index (χ0n) is 14.4. The highest BCUT2D eigenvalue weighted by Crippen LogP contribution is 2.05. The lowest BCUT2D eigenvalue weighted by atomic mass is 10.1. The minimum Gasteiger partial charge on any atom is -0.385 e. The first-order valence-corrected chi connectivity index (χ1v) is 8.20. The summed E-state index contributed by atoms with van der Waals surface area (Å²) in [4.78, 5) is 4.28. The molecule has 1 atom stereocenters. The van der Waals surface area contributed by atoms with Gasteiger partial charge in [0.15, 0.2) is 5.96 Å². The van der Waals surface area contributed by atoms with E-state index in [0.29, 0.717) is 6.04 Å². The Kier molecular flexibility index (Phi) is 19.9. The molecule has 0 saturated carbocycles. The average molecular weight is 413 g/mol. The fourth-order valence-electron chi connectivity index (χ4n) is 2.13. The van der Waals surface area contributed by atoms with Gasteiger partial charge in [-0.3, -0.25) is 4.99 Å². The molecule has 0 aromatic rings. The van der Waals surface area contributed by atoms with Crippen LogP contribution in [0, 0.1) is 0 Å². The van der Waals surface area contributed by atoms with Crippen molar-refractivity contribution in [3.8, 4) is 0 Å². The normalized spacial score (nSPS) is 12.7. The molecule has 0 heterocycles. The van der Waals surface area contributed by atoms with Crippen LogP contribution in [0.25, 0.3) is 0 Å². The minimum absolute atomic E-state index is 0. The number of ether oxygens (including phenoxy) is 1. The summed E-state index contributed by atoms with van der Waals surface area (Å²) in [6.45, 7) is 6.32. The summed E-state index contributed by atoms with van der Waals surface area (Å²) >= 11 is 0. The number of nitrogens with zero attached hydrogens (tertiary/aromatic N) is 1. The van der Waals surface area contributed by atoms with Gasteiger partial charge in [-0.15, -0.1) is 24.0 Å². The molecule has 0 saturated heterocycles. The standard InChI is InChI=1S/C16H35N3O.HI/c1-5-6-7-9-12-15(2)19-16(17-3)18-13-10-8-11-14-20-4;/h15H,5-14H2,1-4H3,(H2,17,18,19);1H. The van der Waals surface area contributed by atoms with Crippen molar-refractivity contribution in [2.75, 3.05) is 27.3 Å². The van der Waals surface area contributed by atoms with Crippen molar-refractivity contribution >= 4 is 29.9 Å². The summed E-state index contributed by atoms with van der Waals surface area (Å²) in [6, 6.07) is 0.492. The maximum absolute atomic E-state index is 5.04. The van der Waals surface area contributed by atoms with Crippen LogP contribution >= 0.6 is 24.0 Å². The van der Waals surface area contributed by atoms with Crippen molar-refractivity contribution < 1.29 is 4.74 Å². The van der Waals surface area contributed by atoms with Crippen molar-refractivity contribution in [3.05, 3.63) is 0 Å². The molecule has 21 heavy (non-hydrogen) atoms. The average Bonchev–Trinajstić information content (AvgIpc) is 2.46. The Bertz CT molecular complexity index is 238. The molecule has 4 nitrogen and oxygen atoms in total. The molecule has 0 aromatic heterocycles. The maximum Gasteiger partial charge on any atom is 0.191 e. The van der Waals surface area contributed by atoms with Gasteiger partial charge >= 0.3 is 0 Å². The number of halogens is 1. The van der Waals surface area contributed by atoms with Gasteiger partial charge in [0, 0.05) is 33.4 Å². The predicted octanol–water partition coefficient (Wildman–Crippen LogP) is 3.95. The fraction of sp³-hybridized carbons (Fsp3) is 0.938. The number of methoxy groups -OCH3 is 1. The second-order valence-electron chi connectivity index (χ2n) is 5.45. The highest BCUT2D eigenvalue weighted by atomic mass is 127. The molecular weight excluding hydrogens is 377 g/mol. The van der Waals surface area contributed by atoms with Crippen LogP contribution < -0.4 is 10.6 Å². The largest absolute Gasteiger partial charge is 0.385 e. The third-order valence-corrected chi connectivity index (χ3v) is 3.42. The lowest BCUT2D eigenvalue weighted by Gasteiger charge is -2.17. The summed E-state index contributed by atoms with van der Waals surface area (Å²) in [7, 11) is 3.59. The predicted molar refractivity (Wildman–Crippen MR) is 104 cm³/mol. The van der Waals surface area contributed by atoms with E-state index < -0.39 is 0 Å². The lowest BCUT2D eigenvalue weighted by Crippen LogP contribution is -2.42. The van der Waals surface area contributed by atoms with E-state index in [0.717, 1.165) is 32.0 Å². The van der Waals surface area contributed by atoms with E-state index in [-0.39, 0.29) is 24.0 Å². The van der Waals surface area contributed by atoms with Crippen molar-refractivity contribution in [1.82, 2.24) is 10.6 Å². The zero-order valence-corrected chi connectivity index (χ0v) is 16.7. The summed E-state index contributed by atoms with van der Waals surface area (Å²) in [5.74, 6) is 0.930. The number of rotatable bonds is 12. The molecule has 0 spiro atoms. The van der Waals surface area contributed by atoms with Gasteiger partial charge in [0.2, 0.25) is 0 Å². The highest BCUT2D eigenvalue weighted by Gasteiger charge is 2.04. The molecule has 0 aliphatic heterocycles. The van der Waals surface area contributed by atoms with Gasteiger partial charge < -0.3 is 15.4 Å².